The molecule has 0 fully saturated rings. The molecule has 7 aromatic carbocycles. The number of benzene rings is 7. The molecule has 0 N–H and O–H groups in total. The molecule has 2 aliphatic carbocycles. The Morgan fingerprint density at radius 3 is 1.74 bits per heavy atom. The van der Waals surface area contributed by atoms with E-state index in [1.807, 2.05) is 36.4 Å². The minimum absolute atomic E-state index is 0.502. The van der Waals surface area contributed by atoms with Crippen LogP contribution in [0.3, 0.4) is 0 Å². The third-order valence-electron chi connectivity index (χ3n) is 10.3. The molecule has 2 aliphatic rings. The van der Waals surface area contributed by atoms with E-state index in [1.165, 1.54) is 44.5 Å². The van der Waals surface area contributed by atoms with E-state index in [0.717, 1.165) is 49.7 Å². The molecule has 0 saturated carbocycles. The zero-order valence-electron chi connectivity index (χ0n) is 25.2. The lowest BCUT2D eigenvalue weighted by atomic mass is 9.70. The fraction of sp³-hybridized carbons (Fsp3) is 0.0227. The van der Waals surface area contributed by atoms with E-state index in [-0.39, 0.29) is 0 Å². The van der Waals surface area contributed by atoms with Crippen LogP contribution in [0.1, 0.15) is 22.3 Å². The van der Waals surface area contributed by atoms with Gasteiger partial charge in [0.2, 0.25) is 5.89 Å². The minimum Gasteiger partial charge on any atom is -0.455 e. The predicted molar refractivity (Wildman–Crippen MR) is 188 cm³/mol. The largest absolute Gasteiger partial charge is 0.455 e. The standard InChI is InChI=1S/C44H25NO2/c1-4-15-35-29(10-1)30-11-2-5-16-36(30)44(35)37-24-26(28-13-9-14-34-33-12-3-7-18-40(33)46-42(28)34)20-22-31(37)32-23-21-27(25-38(32)44)43-45-39-17-6-8-19-41(39)47-43/h1-25H. The molecule has 2 heterocycles. The Kier molecular flexibility index (Phi) is 4.78. The summed E-state index contributed by atoms with van der Waals surface area (Å²) in [4.78, 5) is 4.88. The van der Waals surface area contributed by atoms with Crippen LogP contribution in [0, 0.1) is 0 Å². The highest BCUT2D eigenvalue weighted by Crippen LogP contribution is 2.63. The average molecular weight is 600 g/mol. The maximum atomic E-state index is 6.52. The number of oxazole rings is 1. The van der Waals surface area contributed by atoms with E-state index in [0.29, 0.717) is 5.89 Å². The molecule has 3 nitrogen and oxygen atoms in total. The first-order chi connectivity index (χ1) is 23.3. The van der Waals surface area contributed by atoms with Gasteiger partial charge in [-0.3, -0.25) is 0 Å². The second-order valence-electron chi connectivity index (χ2n) is 12.6. The number of hydrogen-bond acceptors (Lipinski definition) is 3. The molecule has 2 aromatic heterocycles. The number of rotatable bonds is 2. The summed E-state index contributed by atoms with van der Waals surface area (Å²) in [6.45, 7) is 0. The van der Waals surface area contributed by atoms with Gasteiger partial charge in [0.25, 0.3) is 0 Å². The smallest absolute Gasteiger partial charge is 0.227 e. The van der Waals surface area contributed by atoms with Gasteiger partial charge in [-0.1, -0.05) is 115 Å². The van der Waals surface area contributed by atoms with Crippen molar-refractivity contribution < 1.29 is 8.83 Å². The summed E-state index contributed by atoms with van der Waals surface area (Å²) in [7, 11) is 0. The van der Waals surface area contributed by atoms with Gasteiger partial charge in [0, 0.05) is 21.9 Å². The number of fused-ring (bicyclic) bond motifs is 14. The maximum Gasteiger partial charge on any atom is 0.227 e. The molecule has 47 heavy (non-hydrogen) atoms. The van der Waals surface area contributed by atoms with Crippen LogP contribution in [-0.2, 0) is 5.41 Å². The molecule has 3 heteroatoms. The number of nitrogens with zero attached hydrogens (tertiary/aromatic N) is 1. The zero-order chi connectivity index (χ0) is 30.7. The van der Waals surface area contributed by atoms with Crippen molar-refractivity contribution in [2.75, 3.05) is 0 Å². The molecule has 0 unspecified atom stereocenters. The Labute approximate surface area is 270 Å². The van der Waals surface area contributed by atoms with Crippen molar-refractivity contribution in [2.24, 2.45) is 0 Å². The lowest BCUT2D eigenvalue weighted by Crippen LogP contribution is -2.26. The van der Waals surface area contributed by atoms with E-state index < -0.39 is 5.41 Å². The third-order valence-corrected chi connectivity index (χ3v) is 10.3. The summed E-state index contributed by atoms with van der Waals surface area (Å²) in [6.07, 6.45) is 0. The fourth-order valence-electron chi connectivity index (χ4n) is 8.41. The zero-order valence-corrected chi connectivity index (χ0v) is 25.2. The van der Waals surface area contributed by atoms with Crippen LogP contribution in [-0.4, -0.2) is 4.98 Å². The van der Waals surface area contributed by atoms with Crippen molar-refractivity contribution >= 4 is 33.0 Å². The molecule has 0 bridgehead atoms. The van der Waals surface area contributed by atoms with Crippen molar-refractivity contribution in [3.05, 3.63) is 174 Å². The monoisotopic (exact) mass is 599 g/mol. The van der Waals surface area contributed by atoms with Gasteiger partial charge < -0.3 is 8.83 Å². The number of para-hydroxylation sites is 4. The molecule has 218 valence electrons. The van der Waals surface area contributed by atoms with E-state index in [1.54, 1.807) is 0 Å². The van der Waals surface area contributed by atoms with Gasteiger partial charge in [0.05, 0.1) is 5.41 Å². The Morgan fingerprint density at radius 1 is 0.404 bits per heavy atom. The molecule has 1 spiro atoms. The SMILES string of the molecule is c1ccc2c(c1)-c1ccccc1C21c2cc(-c3nc4ccccc4o3)ccc2-c2ccc(-c3cccc4c3oc3ccccc34)cc21. The molecule has 11 rings (SSSR count). The number of hydrogen-bond donors (Lipinski definition) is 0. The summed E-state index contributed by atoms with van der Waals surface area (Å²) in [5.41, 5.74) is 16.4. The molecule has 0 radical (unpaired) electrons. The average Bonchev–Trinajstić information content (AvgIpc) is 3.88. The first kappa shape index (κ1) is 25.1. The second-order valence-corrected chi connectivity index (χ2v) is 12.6. The Balaban J connectivity index is 1.21. The van der Waals surface area contributed by atoms with Crippen LogP contribution >= 0.6 is 0 Å². The molecular weight excluding hydrogens is 574 g/mol. The summed E-state index contributed by atoms with van der Waals surface area (Å²) in [5.74, 6) is 0.636. The Morgan fingerprint density at radius 2 is 0.979 bits per heavy atom. The van der Waals surface area contributed by atoms with Crippen LogP contribution in [0.2, 0.25) is 0 Å². The van der Waals surface area contributed by atoms with Gasteiger partial charge in [0.1, 0.15) is 16.7 Å². The van der Waals surface area contributed by atoms with Crippen LogP contribution in [0.15, 0.2) is 160 Å². The third kappa shape index (κ3) is 3.18. The Hall–Kier alpha value is -6.19. The predicted octanol–water partition coefficient (Wildman–Crippen LogP) is 11.4. The van der Waals surface area contributed by atoms with Gasteiger partial charge in [-0.05, 0) is 86.5 Å². The molecular formula is C44H25NO2. The lowest BCUT2D eigenvalue weighted by molar-refractivity contribution is 0.619. The minimum atomic E-state index is -0.502. The Bertz CT molecular complexity index is 2680. The van der Waals surface area contributed by atoms with E-state index in [9.17, 15) is 0 Å². The van der Waals surface area contributed by atoms with Crippen molar-refractivity contribution in [1.82, 2.24) is 4.98 Å². The maximum absolute atomic E-state index is 6.52. The van der Waals surface area contributed by atoms with Gasteiger partial charge in [-0.15, -0.1) is 0 Å². The van der Waals surface area contributed by atoms with Gasteiger partial charge in [-0.25, -0.2) is 4.98 Å². The van der Waals surface area contributed by atoms with Crippen molar-refractivity contribution in [2.45, 2.75) is 5.41 Å². The first-order valence-electron chi connectivity index (χ1n) is 16.0. The quantitative estimate of drug-likeness (QED) is 0.198. The summed E-state index contributed by atoms with van der Waals surface area (Å²) >= 11 is 0. The van der Waals surface area contributed by atoms with Gasteiger partial charge in [0.15, 0.2) is 5.58 Å². The summed E-state index contributed by atoms with van der Waals surface area (Å²) in [5, 5.41) is 2.27. The van der Waals surface area contributed by atoms with E-state index >= 15 is 0 Å². The van der Waals surface area contributed by atoms with Gasteiger partial charge >= 0.3 is 0 Å². The van der Waals surface area contributed by atoms with Crippen molar-refractivity contribution in [1.29, 1.82) is 0 Å². The van der Waals surface area contributed by atoms with Crippen LogP contribution in [0.4, 0.5) is 0 Å². The van der Waals surface area contributed by atoms with Crippen LogP contribution in [0.25, 0.3) is 77.9 Å². The normalized spacial score (nSPS) is 13.7. The molecule has 0 saturated heterocycles. The number of furan rings is 1. The topological polar surface area (TPSA) is 39.2 Å². The van der Waals surface area contributed by atoms with Crippen molar-refractivity contribution in [3.63, 3.8) is 0 Å². The molecule has 0 atom stereocenters. The molecule has 0 aliphatic heterocycles. The molecule has 9 aromatic rings. The first-order valence-corrected chi connectivity index (χ1v) is 16.0. The van der Waals surface area contributed by atoms with E-state index in [2.05, 4.69) is 115 Å². The van der Waals surface area contributed by atoms with Gasteiger partial charge in [-0.2, -0.15) is 0 Å². The fourth-order valence-corrected chi connectivity index (χ4v) is 8.41. The van der Waals surface area contributed by atoms with Crippen LogP contribution in [0.5, 0.6) is 0 Å². The summed E-state index contributed by atoms with van der Waals surface area (Å²) in [6, 6.07) is 54.3. The lowest BCUT2D eigenvalue weighted by Gasteiger charge is -2.31. The van der Waals surface area contributed by atoms with Crippen LogP contribution < -0.4 is 0 Å². The highest BCUT2D eigenvalue weighted by Gasteiger charge is 2.51. The molecule has 0 amide bonds. The van der Waals surface area contributed by atoms with E-state index in [4.69, 9.17) is 13.8 Å². The summed E-state index contributed by atoms with van der Waals surface area (Å²) < 4.78 is 12.8. The highest BCUT2D eigenvalue weighted by atomic mass is 16.3. The van der Waals surface area contributed by atoms with Crippen molar-refractivity contribution in [3.8, 4) is 44.8 Å². The second kappa shape index (κ2) is 8.96. The highest BCUT2D eigenvalue weighted by molar-refractivity contribution is 6.10. The number of aromatic nitrogens is 1.